The van der Waals surface area contributed by atoms with E-state index in [0.29, 0.717) is 0 Å². The summed E-state index contributed by atoms with van der Waals surface area (Å²) in [6.45, 7) is 3.92. The predicted octanol–water partition coefficient (Wildman–Crippen LogP) is 1.26. The molecule has 11 heavy (non-hydrogen) atoms. The van der Waals surface area contributed by atoms with Crippen molar-refractivity contribution in [3.63, 3.8) is 0 Å². The van der Waals surface area contributed by atoms with E-state index in [1.165, 1.54) is 0 Å². The van der Waals surface area contributed by atoms with Crippen molar-refractivity contribution in [2.24, 2.45) is 5.92 Å². The van der Waals surface area contributed by atoms with Gasteiger partial charge >= 0.3 is 5.97 Å². The molecule has 0 saturated heterocycles. The average Bonchev–Trinajstić information content (AvgIpc) is 1.88. The summed E-state index contributed by atoms with van der Waals surface area (Å²) in [6, 6.07) is 0. The number of hydrogen-bond acceptors (Lipinski definition) is 2. The second kappa shape index (κ2) is 5.13. The van der Waals surface area contributed by atoms with Crippen molar-refractivity contribution in [1.29, 1.82) is 0 Å². The average molecular weight is 160 g/mol. The Labute approximate surface area is 67.0 Å². The molecule has 3 heteroatoms. The Morgan fingerprint density at radius 1 is 1.36 bits per heavy atom. The highest BCUT2D eigenvalue weighted by Gasteiger charge is 2.17. The third-order valence-electron chi connectivity index (χ3n) is 1.98. The van der Waals surface area contributed by atoms with Gasteiger partial charge in [-0.05, 0) is 5.92 Å². The molecular weight excluding hydrogens is 144 g/mol. The zero-order chi connectivity index (χ0) is 8.85. The van der Waals surface area contributed by atoms with Crippen molar-refractivity contribution in [1.82, 2.24) is 0 Å². The number of carbonyl (C=O) groups is 1. The molecule has 0 aromatic rings. The molecule has 0 fully saturated rings. The van der Waals surface area contributed by atoms with Crippen LogP contribution in [0.15, 0.2) is 0 Å². The molecule has 0 amide bonds. The van der Waals surface area contributed by atoms with Crippen LogP contribution in [0.25, 0.3) is 0 Å². The summed E-state index contributed by atoms with van der Waals surface area (Å²) in [5.74, 6) is -0.796. The first-order valence-corrected chi connectivity index (χ1v) is 4.01. The smallest absolute Gasteiger partial charge is 0.305 e. The summed E-state index contributed by atoms with van der Waals surface area (Å²) in [4.78, 5) is 10.2. The minimum atomic E-state index is -0.926. The Kier molecular flexibility index (Phi) is 4.86. The van der Waals surface area contributed by atoms with Gasteiger partial charge in [0.25, 0.3) is 0 Å². The van der Waals surface area contributed by atoms with E-state index in [1.54, 1.807) is 0 Å². The normalized spacial score (nSPS) is 13.5. The van der Waals surface area contributed by atoms with Crippen LogP contribution in [-0.4, -0.2) is 22.3 Å². The number of aliphatic hydroxyl groups is 1. The number of hydrogen-bond donors (Lipinski definition) is 2. The van der Waals surface area contributed by atoms with E-state index >= 15 is 0 Å². The molecule has 0 aromatic carbocycles. The fraction of sp³-hybridized carbons (Fsp3) is 0.875. The lowest BCUT2D eigenvalue weighted by Crippen LogP contribution is -2.22. The molecule has 3 nitrogen and oxygen atoms in total. The maximum Gasteiger partial charge on any atom is 0.305 e. The molecule has 0 heterocycles. The van der Waals surface area contributed by atoms with Gasteiger partial charge in [0, 0.05) is 0 Å². The molecule has 0 aromatic heterocycles. The van der Waals surface area contributed by atoms with Gasteiger partial charge < -0.3 is 10.2 Å². The van der Waals surface area contributed by atoms with Crippen molar-refractivity contribution in [2.75, 3.05) is 0 Å². The monoisotopic (exact) mass is 160 g/mol. The molecule has 2 N–H and O–H groups in total. The quantitative estimate of drug-likeness (QED) is 0.636. The highest BCUT2D eigenvalue weighted by molar-refractivity contribution is 5.67. The van der Waals surface area contributed by atoms with Crippen LogP contribution in [0.5, 0.6) is 0 Å². The molecule has 0 bridgehead atoms. The molecule has 0 saturated carbocycles. The lowest BCUT2D eigenvalue weighted by Gasteiger charge is -2.17. The Bertz CT molecular complexity index is 119. The van der Waals surface area contributed by atoms with Crippen LogP contribution in [0.2, 0.25) is 0 Å². The van der Waals surface area contributed by atoms with Gasteiger partial charge in [0.1, 0.15) is 0 Å². The van der Waals surface area contributed by atoms with Crippen LogP contribution >= 0.6 is 0 Å². The van der Waals surface area contributed by atoms with Gasteiger partial charge in [0.2, 0.25) is 0 Å². The zero-order valence-electron chi connectivity index (χ0n) is 7.08. The molecule has 0 aliphatic carbocycles. The number of aliphatic hydroxyl groups excluding tert-OH is 1. The van der Waals surface area contributed by atoms with E-state index in [2.05, 4.69) is 0 Å². The second-order valence-electron chi connectivity index (χ2n) is 2.74. The lowest BCUT2D eigenvalue weighted by molar-refractivity contribution is -0.140. The molecule has 0 aliphatic rings. The fourth-order valence-electron chi connectivity index (χ4n) is 1.18. The standard InChI is InChI=1S/C8H16O3/c1-3-6(4-2)7(9)5-8(10)11/h6-7,9H,3-5H2,1-2H3,(H,10,11). The van der Waals surface area contributed by atoms with Crippen molar-refractivity contribution < 1.29 is 15.0 Å². The van der Waals surface area contributed by atoms with Crippen molar-refractivity contribution >= 4 is 5.97 Å². The van der Waals surface area contributed by atoms with Crippen molar-refractivity contribution in [2.45, 2.75) is 39.2 Å². The van der Waals surface area contributed by atoms with E-state index in [9.17, 15) is 9.90 Å². The summed E-state index contributed by atoms with van der Waals surface area (Å²) in [7, 11) is 0. The molecule has 0 radical (unpaired) electrons. The van der Waals surface area contributed by atoms with Crippen molar-refractivity contribution in [3.8, 4) is 0 Å². The number of rotatable bonds is 5. The van der Waals surface area contributed by atoms with E-state index in [-0.39, 0.29) is 12.3 Å². The van der Waals surface area contributed by atoms with Gasteiger partial charge in [-0.1, -0.05) is 26.7 Å². The van der Waals surface area contributed by atoms with Crippen LogP contribution in [0.3, 0.4) is 0 Å². The van der Waals surface area contributed by atoms with E-state index < -0.39 is 12.1 Å². The SMILES string of the molecule is CCC(CC)C(O)CC(=O)O. The second-order valence-corrected chi connectivity index (χ2v) is 2.74. The van der Waals surface area contributed by atoms with Gasteiger partial charge in [-0.25, -0.2) is 0 Å². The van der Waals surface area contributed by atoms with Gasteiger partial charge in [-0.15, -0.1) is 0 Å². The first kappa shape index (κ1) is 10.4. The Hall–Kier alpha value is -0.570. The maximum atomic E-state index is 10.2. The molecule has 1 atom stereocenters. The zero-order valence-corrected chi connectivity index (χ0v) is 7.08. The van der Waals surface area contributed by atoms with Crippen LogP contribution < -0.4 is 0 Å². The molecule has 1 unspecified atom stereocenters. The third-order valence-corrected chi connectivity index (χ3v) is 1.98. The van der Waals surface area contributed by atoms with Gasteiger partial charge in [-0.3, -0.25) is 4.79 Å². The topological polar surface area (TPSA) is 57.5 Å². The molecule has 66 valence electrons. The van der Waals surface area contributed by atoms with Gasteiger partial charge in [0.05, 0.1) is 12.5 Å². The third kappa shape index (κ3) is 3.98. The van der Waals surface area contributed by atoms with Crippen LogP contribution in [-0.2, 0) is 4.79 Å². The Morgan fingerprint density at radius 2 is 1.82 bits per heavy atom. The fourth-order valence-corrected chi connectivity index (χ4v) is 1.18. The molecule has 0 spiro atoms. The van der Waals surface area contributed by atoms with E-state index in [1.807, 2.05) is 13.8 Å². The number of carboxylic acids is 1. The Balaban J connectivity index is 3.78. The predicted molar refractivity (Wildman–Crippen MR) is 42.3 cm³/mol. The van der Waals surface area contributed by atoms with E-state index in [4.69, 9.17) is 5.11 Å². The highest BCUT2D eigenvalue weighted by atomic mass is 16.4. The maximum absolute atomic E-state index is 10.2. The van der Waals surface area contributed by atoms with Gasteiger partial charge in [-0.2, -0.15) is 0 Å². The molecular formula is C8H16O3. The number of carboxylic acid groups (broad SMARTS) is 1. The summed E-state index contributed by atoms with van der Waals surface area (Å²) in [6.07, 6.45) is 0.866. The first-order chi connectivity index (χ1) is 5.11. The van der Waals surface area contributed by atoms with Crippen LogP contribution in [0, 0.1) is 5.92 Å². The summed E-state index contributed by atoms with van der Waals surface area (Å²) < 4.78 is 0. The minimum absolute atomic E-state index is 0.131. The van der Waals surface area contributed by atoms with Crippen LogP contribution in [0.4, 0.5) is 0 Å². The minimum Gasteiger partial charge on any atom is -0.481 e. The largest absolute Gasteiger partial charge is 0.481 e. The lowest BCUT2D eigenvalue weighted by atomic mass is 9.94. The van der Waals surface area contributed by atoms with Gasteiger partial charge in [0.15, 0.2) is 0 Å². The first-order valence-electron chi connectivity index (χ1n) is 4.01. The number of aliphatic carboxylic acids is 1. The Morgan fingerprint density at radius 3 is 2.09 bits per heavy atom. The summed E-state index contributed by atoms with van der Waals surface area (Å²) in [5, 5.41) is 17.7. The molecule has 0 rings (SSSR count). The summed E-state index contributed by atoms with van der Waals surface area (Å²) >= 11 is 0. The summed E-state index contributed by atoms with van der Waals surface area (Å²) in [5.41, 5.74) is 0. The molecule has 0 aliphatic heterocycles. The highest BCUT2D eigenvalue weighted by Crippen LogP contribution is 2.15. The van der Waals surface area contributed by atoms with Crippen LogP contribution in [0.1, 0.15) is 33.1 Å². The van der Waals surface area contributed by atoms with E-state index in [0.717, 1.165) is 12.8 Å². The van der Waals surface area contributed by atoms with Crippen molar-refractivity contribution in [3.05, 3.63) is 0 Å².